The Morgan fingerprint density at radius 3 is 2.22 bits per heavy atom. The van der Waals surface area contributed by atoms with Crippen LogP contribution in [0.3, 0.4) is 0 Å². The van der Waals surface area contributed by atoms with Crippen LogP contribution < -0.4 is 0 Å². The molecule has 0 aromatic rings. The number of carbonyl (C=O) groups is 3. The summed E-state index contributed by atoms with van der Waals surface area (Å²) >= 11 is 0. The summed E-state index contributed by atoms with van der Waals surface area (Å²) < 4.78 is 19.7. The second kappa shape index (κ2) is 6.34. The SMILES string of the molecule is COC(=O)[C@H]1OCC(OC(C)=O)CC1OC(C)=O. The average molecular weight is 260 g/mol. The predicted molar refractivity (Wildman–Crippen MR) is 57.5 cm³/mol. The van der Waals surface area contributed by atoms with Crippen LogP contribution in [0.5, 0.6) is 0 Å². The summed E-state index contributed by atoms with van der Waals surface area (Å²) in [6, 6.07) is 0. The highest BCUT2D eigenvalue weighted by molar-refractivity contribution is 5.76. The first kappa shape index (κ1) is 14.4. The van der Waals surface area contributed by atoms with Gasteiger partial charge in [0.05, 0.1) is 13.7 Å². The lowest BCUT2D eigenvalue weighted by atomic mass is 10.0. The zero-order valence-corrected chi connectivity index (χ0v) is 10.5. The molecule has 7 nitrogen and oxygen atoms in total. The molecule has 0 N–H and O–H groups in total. The van der Waals surface area contributed by atoms with Crippen molar-refractivity contribution in [3.8, 4) is 0 Å². The summed E-state index contributed by atoms with van der Waals surface area (Å²) in [5, 5.41) is 0. The maximum atomic E-state index is 11.4. The van der Waals surface area contributed by atoms with E-state index in [4.69, 9.17) is 14.2 Å². The Bertz CT molecular complexity index is 338. The van der Waals surface area contributed by atoms with E-state index in [0.29, 0.717) is 0 Å². The molecule has 1 aliphatic rings. The van der Waals surface area contributed by atoms with Gasteiger partial charge in [-0.1, -0.05) is 0 Å². The molecule has 0 bridgehead atoms. The van der Waals surface area contributed by atoms with Crippen LogP contribution in [0.2, 0.25) is 0 Å². The van der Waals surface area contributed by atoms with Gasteiger partial charge in [0, 0.05) is 20.3 Å². The first-order chi connectivity index (χ1) is 8.43. The van der Waals surface area contributed by atoms with E-state index in [1.807, 2.05) is 0 Å². The number of hydrogen-bond donors (Lipinski definition) is 0. The summed E-state index contributed by atoms with van der Waals surface area (Å²) in [6.07, 6.45) is -2.12. The second-order valence-corrected chi connectivity index (χ2v) is 3.89. The van der Waals surface area contributed by atoms with Crippen molar-refractivity contribution < 1.29 is 33.3 Å². The van der Waals surface area contributed by atoms with Crippen molar-refractivity contribution in [3.05, 3.63) is 0 Å². The molecule has 7 heteroatoms. The minimum atomic E-state index is -0.981. The first-order valence-corrected chi connectivity index (χ1v) is 5.48. The van der Waals surface area contributed by atoms with Crippen LogP contribution in [0.1, 0.15) is 20.3 Å². The van der Waals surface area contributed by atoms with Gasteiger partial charge in [-0.3, -0.25) is 9.59 Å². The van der Waals surface area contributed by atoms with Crippen LogP contribution in [0, 0.1) is 0 Å². The molecule has 0 saturated carbocycles. The molecule has 1 rings (SSSR count). The molecule has 0 spiro atoms. The van der Waals surface area contributed by atoms with E-state index in [2.05, 4.69) is 4.74 Å². The fraction of sp³-hybridized carbons (Fsp3) is 0.727. The summed E-state index contributed by atoms with van der Waals surface area (Å²) in [6.45, 7) is 2.56. The van der Waals surface area contributed by atoms with Crippen molar-refractivity contribution in [2.24, 2.45) is 0 Å². The zero-order chi connectivity index (χ0) is 13.7. The monoisotopic (exact) mass is 260 g/mol. The van der Waals surface area contributed by atoms with Gasteiger partial charge in [-0.25, -0.2) is 4.79 Å². The van der Waals surface area contributed by atoms with E-state index in [-0.39, 0.29) is 13.0 Å². The highest BCUT2D eigenvalue weighted by atomic mass is 16.6. The van der Waals surface area contributed by atoms with Crippen molar-refractivity contribution in [1.82, 2.24) is 0 Å². The van der Waals surface area contributed by atoms with Gasteiger partial charge in [-0.05, 0) is 0 Å². The van der Waals surface area contributed by atoms with E-state index >= 15 is 0 Å². The highest BCUT2D eigenvalue weighted by Crippen LogP contribution is 2.21. The predicted octanol–water partition coefficient (Wildman–Crippen LogP) is -0.188. The third-order valence-electron chi connectivity index (χ3n) is 2.38. The molecule has 1 fully saturated rings. The topological polar surface area (TPSA) is 88.1 Å². The van der Waals surface area contributed by atoms with E-state index < -0.39 is 36.2 Å². The minimum absolute atomic E-state index is 0.0666. The fourth-order valence-electron chi connectivity index (χ4n) is 1.74. The van der Waals surface area contributed by atoms with Crippen LogP contribution >= 0.6 is 0 Å². The Morgan fingerprint density at radius 2 is 1.72 bits per heavy atom. The summed E-state index contributed by atoms with van der Waals surface area (Å²) in [5.74, 6) is -1.62. The van der Waals surface area contributed by atoms with Crippen molar-refractivity contribution in [2.45, 2.75) is 38.6 Å². The second-order valence-electron chi connectivity index (χ2n) is 3.89. The van der Waals surface area contributed by atoms with Crippen molar-refractivity contribution in [1.29, 1.82) is 0 Å². The number of hydrogen-bond acceptors (Lipinski definition) is 7. The first-order valence-electron chi connectivity index (χ1n) is 5.48. The summed E-state index contributed by atoms with van der Waals surface area (Å²) in [7, 11) is 1.22. The lowest BCUT2D eigenvalue weighted by Crippen LogP contribution is -2.49. The van der Waals surface area contributed by atoms with E-state index in [1.165, 1.54) is 21.0 Å². The third kappa shape index (κ3) is 3.99. The van der Waals surface area contributed by atoms with Crippen LogP contribution in [-0.4, -0.2) is 49.9 Å². The smallest absolute Gasteiger partial charge is 0.338 e. The molecule has 0 aromatic carbocycles. The van der Waals surface area contributed by atoms with Crippen LogP contribution in [-0.2, 0) is 33.3 Å². The zero-order valence-electron chi connectivity index (χ0n) is 10.5. The Balaban J connectivity index is 2.69. The molecule has 0 amide bonds. The maximum absolute atomic E-state index is 11.4. The summed E-state index contributed by atoms with van der Waals surface area (Å²) in [5.41, 5.74) is 0. The van der Waals surface area contributed by atoms with Gasteiger partial charge in [-0.2, -0.15) is 0 Å². The highest BCUT2D eigenvalue weighted by Gasteiger charge is 2.40. The van der Waals surface area contributed by atoms with Gasteiger partial charge in [0.15, 0.2) is 6.10 Å². The molecular weight excluding hydrogens is 244 g/mol. The van der Waals surface area contributed by atoms with Crippen LogP contribution in [0.15, 0.2) is 0 Å². The van der Waals surface area contributed by atoms with E-state index in [0.717, 1.165) is 0 Å². The standard InChI is InChI=1S/C11H16O7/c1-6(12)17-8-4-9(18-7(2)13)10(16-5-8)11(14)15-3/h8-10H,4-5H2,1-3H3/t8?,9?,10-/m0/s1. The van der Waals surface area contributed by atoms with Crippen molar-refractivity contribution >= 4 is 17.9 Å². The summed E-state index contributed by atoms with van der Waals surface area (Å²) in [4.78, 5) is 33.2. The maximum Gasteiger partial charge on any atom is 0.338 e. The molecule has 1 aliphatic heterocycles. The Kier molecular flexibility index (Phi) is 5.08. The molecule has 102 valence electrons. The molecule has 2 unspecified atom stereocenters. The number of methoxy groups -OCH3 is 1. The molecule has 1 saturated heterocycles. The van der Waals surface area contributed by atoms with Crippen LogP contribution in [0.25, 0.3) is 0 Å². The minimum Gasteiger partial charge on any atom is -0.467 e. The quantitative estimate of drug-likeness (QED) is 0.513. The third-order valence-corrected chi connectivity index (χ3v) is 2.38. The number of ether oxygens (including phenoxy) is 4. The van der Waals surface area contributed by atoms with Gasteiger partial charge < -0.3 is 18.9 Å². The lowest BCUT2D eigenvalue weighted by Gasteiger charge is -2.33. The molecule has 18 heavy (non-hydrogen) atoms. The normalized spacial score (nSPS) is 27.2. The Hall–Kier alpha value is -1.63. The van der Waals surface area contributed by atoms with Gasteiger partial charge in [0.2, 0.25) is 0 Å². The molecule has 1 heterocycles. The number of esters is 3. The largest absolute Gasteiger partial charge is 0.467 e. The van der Waals surface area contributed by atoms with Crippen molar-refractivity contribution in [3.63, 3.8) is 0 Å². The van der Waals surface area contributed by atoms with E-state index in [1.54, 1.807) is 0 Å². The van der Waals surface area contributed by atoms with E-state index in [9.17, 15) is 14.4 Å². The van der Waals surface area contributed by atoms with Gasteiger partial charge >= 0.3 is 17.9 Å². The molecule has 3 atom stereocenters. The molecular formula is C11H16O7. The van der Waals surface area contributed by atoms with Crippen LogP contribution in [0.4, 0.5) is 0 Å². The number of rotatable bonds is 3. The molecule has 0 aliphatic carbocycles. The fourth-order valence-corrected chi connectivity index (χ4v) is 1.74. The van der Waals surface area contributed by atoms with Gasteiger partial charge in [0.1, 0.15) is 12.2 Å². The van der Waals surface area contributed by atoms with Gasteiger partial charge in [0.25, 0.3) is 0 Å². The van der Waals surface area contributed by atoms with Gasteiger partial charge in [-0.15, -0.1) is 0 Å². The Morgan fingerprint density at radius 1 is 1.11 bits per heavy atom. The number of carbonyl (C=O) groups excluding carboxylic acids is 3. The van der Waals surface area contributed by atoms with Crippen molar-refractivity contribution in [2.75, 3.05) is 13.7 Å². The lowest BCUT2D eigenvalue weighted by molar-refractivity contribution is -0.193. The molecule has 0 aromatic heterocycles. The Labute approximate surface area is 104 Å². The average Bonchev–Trinajstić information content (AvgIpc) is 2.26. The molecule has 0 radical (unpaired) electrons.